The van der Waals surface area contributed by atoms with Crippen LogP contribution in [-0.4, -0.2) is 32.6 Å². The molecule has 1 heterocycles. The maximum absolute atomic E-state index is 12.3. The van der Waals surface area contributed by atoms with E-state index in [1.165, 1.54) is 16.1 Å². The van der Waals surface area contributed by atoms with Gasteiger partial charge in [-0.15, -0.1) is 11.8 Å². The predicted molar refractivity (Wildman–Crippen MR) is 78.0 cm³/mol. The molecule has 9 heteroatoms. The standard InChI is InChI=1S/C12H15F3N2O2S2/c13-12(14,15)4-1-7-21(18,19)17-5-6-20-11-3-2-9(16)8-10(11)17/h2-3,8H,1,4-7,16H2. The third kappa shape index (κ3) is 4.19. The normalized spacial score (nSPS) is 15.9. The van der Waals surface area contributed by atoms with Gasteiger partial charge in [0.1, 0.15) is 0 Å². The molecule has 0 fully saturated rings. The quantitative estimate of drug-likeness (QED) is 0.856. The number of sulfonamides is 1. The molecule has 0 spiro atoms. The van der Waals surface area contributed by atoms with E-state index < -0.39 is 34.8 Å². The lowest BCUT2D eigenvalue weighted by atomic mass is 10.3. The number of hydrogen-bond donors (Lipinski definition) is 1. The Balaban J connectivity index is 2.17. The minimum absolute atomic E-state index is 0.246. The molecular formula is C12H15F3N2O2S2. The first-order valence-electron chi connectivity index (χ1n) is 6.28. The Morgan fingerprint density at radius 1 is 1.33 bits per heavy atom. The van der Waals surface area contributed by atoms with Gasteiger partial charge in [0, 0.05) is 29.3 Å². The van der Waals surface area contributed by atoms with Crippen molar-refractivity contribution in [2.75, 3.05) is 28.1 Å². The summed E-state index contributed by atoms with van der Waals surface area (Å²) in [5.74, 6) is 0.0425. The summed E-state index contributed by atoms with van der Waals surface area (Å²) < 4.78 is 62.1. The molecule has 21 heavy (non-hydrogen) atoms. The Morgan fingerprint density at radius 2 is 2.05 bits per heavy atom. The van der Waals surface area contributed by atoms with Crippen molar-refractivity contribution in [3.8, 4) is 0 Å². The first kappa shape index (κ1) is 16.3. The summed E-state index contributed by atoms with van der Waals surface area (Å²) in [4.78, 5) is 0.773. The smallest absolute Gasteiger partial charge is 0.389 e. The highest BCUT2D eigenvalue weighted by Crippen LogP contribution is 2.37. The topological polar surface area (TPSA) is 63.4 Å². The van der Waals surface area contributed by atoms with Crippen molar-refractivity contribution in [1.82, 2.24) is 0 Å². The number of benzene rings is 1. The fourth-order valence-electron chi connectivity index (χ4n) is 2.06. The van der Waals surface area contributed by atoms with Crippen LogP contribution in [0.25, 0.3) is 0 Å². The molecule has 0 bridgehead atoms. The van der Waals surface area contributed by atoms with Crippen LogP contribution in [0.2, 0.25) is 0 Å². The van der Waals surface area contributed by atoms with Gasteiger partial charge in [0.2, 0.25) is 10.0 Å². The molecular weight excluding hydrogens is 325 g/mol. The van der Waals surface area contributed by atoms with Crippen LogP contribution in [0.4, 0.5) is 24.5 Å². The number of nitrogen functional groups attached to an aromatic ring is 1. The number of rotatable bonds is 4. The summed E-state index contributed by atoms with van der Waals surface area (Å²) in [7, 11) is -3.77. The van der Waals surface area contributed by atoms with Crippen molar-refractivity contribution in [3.63, 3.8) is 0 Å². The summed E-state index contributed by atoms with van der Waals surface area (Å²) >= 11 is 1.50. The van der Waals surface area contributed by atoms with E-state index >= 15 is 0 Å². The summed E-state index contributed by atoms with van der Waals surface area (Å²) in [6.45, 7) is 0.246. The summed E-state index contributed by atoms with van der Waals surface area (Å²) in [5, 5.41) is 0. The van der Waals surface area contributed by atoms with E-state index in [4.69, 9.17) is 5.73 Å². The molecule has 1 aliphatic rings. The highest BCUT2D eigenvalue weighted by molar-refractivity contribution is 8.00. The van der Waals surface area contributed by atoms with Crippen LogP contribution < -0.4 is 10.0 Å². The van der Waals surface area contributed by atoms with Gasteiger partial charge in [0.25, 0.3) is 0 Å². The molecule has 118 valence electrons. The van der Waals surface area contributed by atoms with Crippen molar-refractivity contribution < 1.29 is 21.6 Å². The van der Waals surface area contributed by atoms with Crippen molar-refractivity contribution in [2.24, 2.45) is 0 Å². The molecule has 1 aromatic rings. The van der Waals surface area contributed by atoms with Crippen molar-refractivity contribution in [2.45, 2.75) is 23.9 Å². The summed E-state index contributed by atoms with van der Waals surface area (Å²) in [6.07, 6.45) is -5.87. The Kier molecular flexibility index (Phi) is 4.62. The second kappa shape index (κ2) is 5.96. The Morgan fingerprint density at radius 3 is 2.71 bits per heavy atom. The van der Waals surface area contributed by atoms with E-state index in [2.05, 4.69) is 0 Å². The van der Waals surface area contributed by atoms with Gasteiger partial charge in [-0.2, -0.15) is 13.2 Å². The van der Waals surface area contributed by atoms with Crippen molar-refractivity contribution in [3.05, 3.63) is 18.2 Å². The van der Waals surface area contributed by atoms with Crippen LogP contribution in [0.1, 0.15) is 12.8 Å². The molecule has 4 nitrogen and oxygen atoms in total. The van der Waals surface area contributed by atoms with Gasteiger partial charge in [-0.3, -0.25) is 4.31 Å². The maximum Gasteiger partial charge on any atom is 0.389 e. The molecule has 0 aromatic heterocycles. The van der Waals surface area contributed by atoms with E-state index in [1.54, 1.807) is 18.2 Å². The minimum Gasteiger partial charge on any atom is -0.399 e. The number of thioether (sulfide) groups is 1. The average molecular weight is 340 g/mol. The fraction of sp³-hybridized carbons (Fsp3) is 0.500. The molecule has 0 unspecified atom stereocenters. The van der Waals surface area contributed by atoms with Crippen LogP contribution in [0.15, 0.2) is 23.1 Å². The van der Waals surface area contributed by atoms with Crippen LogP contribution in [0.5, 0.6) is 0 Å². The average Bonchev–Trinajstić information content (AvgIpc) is 2.36. The third-order valence-electron chi connectivity index (χ3n) is 3.00. The third-order valence-corrected chi connectivity index (χ3v) is 5.90. The van der Waals surface area contributed by atoms with Gasteiger partial charge in [-0.25, -0.2) is 8.42 Å². The lowest BCUT2D eigenvalue weighted by molar-refractivity contribution is -0.134. The Bertz CT molecular complexity index is 617. The molecule has 2 rings (SSSR count). The minimum atomic E-state index is -4.34. The number of fused-ring (bicyclic) bond motifs is 1. The molecule has 0 saturated heterocycles. The zero-order valence-corrected chi connectivity index (χ0v) is 12.7. The molecule has 1 aromatic carbocycles. The van der Waals surface area contributed by atoms with Gasteiger partial charge in [-0.05, 0) is 24.6 Å². The van der Waals surface area contributed by atoms with Gasteiger partial charge in [-0.1, -0.05) is 0 Å². The first-order chi connectivity index (χ1) is 9.69. The molecule has 1 aliphatic heterocycles. The number of nitrogens with zero attached hydrogens (tertiary/aromatic N) is 1. The first-order valence-corrected chi connectivity index (χ1v) is 8.88. The number of anilines is 2. The number of hydrogen-bond acceptors (Lipinski definition) is 4. The van der Waals surface area contributed by atoms with Crippen molar-refractivity contribution in [1.29, 1.82) is 0 Å². The molecule has 0 atom stereocenters. The SMILES string of the molecule is Nc1ccc2c(c1)N(S(=O)(=O)CCCC(F)(F)F)CCS2. The lowest BCUT2D eigenvalue weighted by Crippen LogP contribution is -2.37. The number of nitrogens with two attached hydrogens (primary N) is 1. The van der Waals surface area contributed by atoms with Crippen LogP contribution in [0.3, 0.4) is 0 Å². The van der Waals surface area contributed by atoms with E-state index in [1.807, 2.05) is 0 Å². The zero-order chi connectivity index (χ0) is 15.7. The van der Waals surface area contributed by atoms with Crippen LogP contribution >= 0.6 is 11.8 Å². The highest BCUT2D eigenvalue weighted by Gasteiger charge is 2.31. The van der Waals surface area contributed by atoms with E-state index in [-0.39, 0.29) is 6.54 Å². The fourth-order valence-corrected chi connectivity index (χ4v) is 4.76. The number of halogens is 3. The second-order valence-electron chi connectivity index (χ2n) is 4.68. The van der Waals surface area contributed by atoms with Crippen LogP contribution in [0, 0.1) is 0 Å². The second-order valence-corrected chi connectivity index (χ2v) is 7.83. The van der Waals surface area contributed by atoms with Gasteiger partial charge >= 0.3 is 6.18 Å². The van der Waals surface area contributed by atoms with E-state index in [9.17, 15) is 21.6 Å². The van der Waals surface area contributed by atoms with E-state index in [0.717, 1.165) is 4.90 Å². The lowest BCUT2D eigenvalue weighted by Gasteiger charge is -2.30. The Labute approximate surface area is 125 Å². The predicted octanol–water partition coefficient (Wildman–Crippen LogP) is 2.85. The molecule has 2 N–H and O–H groups in total. The number of alkyl halides is 3. The van der Waals surface area contributed by atoms with Crippen molar-refractivity contribution >= 4 is 33.2 Å². The zero-order valence-electron chi connectivity index (χ0n) is 11.1. The van der Waals surface area contributed by atoms with E-state index in [0.29, 0.717) is 17.1 Å². The van der Waals surface area contributed by atoms with Gasteiger partial charge < -0.3 is 5.73 Å². The van der Waals surface area contributed by atoms with Gasteiger partial charge in [0.15, 0.2) is 0 Å². The van der Waals surface area contributed by atoms with Gasteiger partial charge in [0.05, 0.1) is 11.4 Å². The molecule has 0 radical (unpaired) electrons. The van der Waals surface area contributed by atoms with Crippen LogP contribution in [-0.2, 0) is 10.0 Å². The molecule has 0 aliphatic carbocycles. The summed E-state index contributed by atoms with van der Waals surface area (Å²) in [5.41, 5.74) is 6.54. The summed E-state index contributed by atoms with van der Waals surface area (Å²) in [6, 6.07) is 4.95. The highest BCUT2D eigenvalue weighted by atomic mass is 32.2. The molecule has 0 amide bonds. The maximum atomic E-state index is 12.3. The Hall–Kier alpha value is -1.09. The largest absolute Gasteiger partial charge is 0.399 e. The monoisotopic (exact) mass is 340 g/mol. The molecule has 0 saturated carbocycles.